The predicted octanol–water partition coefficient (Wildman–Crippen LogP) is 1.50. The van der Waals surface area contributed by atoms with E-state index in [2.05, 4.69) is 0 Å². The summed E-state index contributed by atoms with van der Waals surface area (Å²) in [6.07, 6.45) is -3.83. The zero-order valence-corrected chi connectivity index (χ0v) is 10.1. The molecule has 17 heavy (non-hydrogen) atoms. The molecule has 0 aromatic rings. The van der Waals surface area contributed by atoms with Gasteiger partial charge in [-0.05, 0) is 32.2 Å². The van der Waals surface area contributed by atoms with Crippen LogP contribution in [-0.4, -0.2) is 47.5 Å². The molecule has 0 saturated carbocycles. The molecule has 1 fully saturated rings. The molecule has 3 N–H and O–H groups in total. The van der Waals surface area contributed by atoms with E-state index in [-0.39, 0.29) is 25.4 Å². The number of rotatable bonds is 3. The predicted molar refractivity (Wildman–Crippen MR) is 59.6 cm³/mol. The third-order valence-corrected chi connectivity index (χ3v) is 3.64. The Kier molecular flexibility index (Phi) is 4.80. The normalized spacial score (nSPS) is 30.0. The first-order chi connectivity index (χ1) is 7.84. The van der Waals surface area contributed by atoms with Gasteiger partial charge < -0.3 is 10.8 Å². The van der Waals surface area contributed by atoms with Crippen molar-refractivity contribution in [2.45, 2.75) is 50.4 Å². The van der Waals surface area contributed by atoms with Crippen LogP contribution in [0.25, 0.3) is 0 Å². The molecule has 1 aliphatic rings. The number of halogens is 3. The van der Waals surface area contributed by atoms with Gasteiger partial charge in [-0.2, -0.15) is 13.2 Å². The van der Waals surface area contributed by atoms with Crippen molar-refractivity contribution in [1.29, 1.82) is 0 Å². The summed E-state index contributed by atoms with van der Waals surface area (Å²) in [5.74, 6) is 0. The van der Waals surface area contributed by atoms with Crippen LogP contribution in [0.2, 0.25) is 0 Å². The van der Waals surface area contributed by atoms with Gasteiger partial charge in [0.1, 0.15) is 0 Å². The lowest BCUT2D eigenvalue weighted by Gasteiger charge is -2.31. The highest BCUT2D eigenvalue weighted by atomic mass is 19.4. The summed E-state index contributed by atoms with van der Waals surface area (Å²) >= 11 is 0. The maximum Gasteiger partial charge on any atom is 0.417 e. The van der Waals surface area contributed by atoms with Crippen molar-refractivity contribution in [3.8, 4) is 0 Å². The Hall–Kier alpha value is -0.330. The first-order valence-corrected chi connectivity index (χ1v) is 6.07. The molecular formula is C11H21F3N2O. The van der Waals surface area contributed by atoms with Crippen LogP contribution in [0.5, 0.6) is 0 Å². The Morgan fingerprint density at radius 3 is 2.47 bits per heavy atom. The Morgan fingerprint density at radius 1 is 1.35 bits per heavy atom. The second-order valence-electron chi connectivity index (χ2n) is 4.72. The summed E-state index contributed by atoms with van der Waals surface area (Å²) in [6, 6.07) is 0.116. The standard InChI is InChI=1S/C11H21F3N2O/c1-2-9(8-15)16-6-3-4-10(17,5-7-16)11(12,13)14/h9,17H,2-8,15H2,1H3. The van der Waals surface area contributed by atoms with Crippen LogP contribution in [0.3, 0.4) is 0 Å². The summed E-state index contributed by atoms with van der Waals surface area (Å²) in [5, 5.41) is 9.65. The highest BCUT2D eigenvalue weighted by molar-refractivity contribution is 4.91. The fourth-order valence-electron chi connectivity index (χ4n) is 2.36. The van der Waals surface area contributed by atoms with Crippen LogP contribution in [0.4, 0.5) is 13.2 Å². The molecule has 0 radical (unpaired) electrons. The Morgan fingerprint density at radius 2 is 2.00 bits per heavy atom. The second kappa shape index (κ2) is 5.54. The lowest BCUT2D eigenvalue weighted by atomic mass is 9.94. The molecule has 0 amide bonds. The minimum atomic E-state index is -4.53. The van der Waals surface area contributed by atoms with Crippen molar-refractivity contribution >= 4 is 0 Å². The molecule has 3 nitrogen and oxygen atoms in total. The van der Waals surface area contributed by atoms with Crippen LogP contribution in [0.15, 0.2) is 0 Å². The average Bonchev–Trinajstić information content (AvgIpc) is 2.43. The Balaban J connectivity index is 2.67. The SMILES string of the molecule is CCC(CN)N1CCCC(O)(C(F)(F)F)CC1. The van der Waals surface area contributed by atoms with Crippen molar-refractivity contribution in [2.24, 2.45) is 5.73 Å². The highest BCUT2D eigenvalue weighted by Crippen LogP contribution is 2.38. The van der Waals surface area contributed by atoms with Gasteiger partial charge in [0.25, 0.3) is 0 Å². The van der Waals surface area contributed by atoms with Crippen molar-refractivity contribution in [1.82, 2.24) is 4.90 Å². The van der Waals surface area contributed by atoms with Crippen LogP contribution in [0.1, 0.15) is 32.6 Å². The van der Waals surface area contributed by atoms with Gasteiger partial charge in [-0.3, -0.25) is 4.90 Å². The van der Waals surface area contributed by atoms with E-state index in [0.29, 0.717) is 19.5 Å². The molecule has 2 unspecified atom stereocenters. The van der Waals surface area contributed by atoms with Crippen LogP contribution in [-0.2, 0) is 0 Å². The van der Waals surface area contributed by atoms with Crippen LogP contribution < -0.4 is 5.73 Å². The van der Waals surface area contributed by atoms with Gasteiger partial charge in [0.05, 0.1) is 0 Å². The zero-order chi connectivity index (χ0) is 13.1. The summed E-state index contributed by atoms with van der Waals surface area (Å²) in [4.78, 5) is 1.96. The molecule has 102 valence electrons. The number of likely N-dealkylation sites (tertiary alicyclic amines) is 1. The lowest BCUT2D eigenvalue weighted by molar-refractivity contribution is -0.263. The zero-order valence-electron chi connectivity index (χ0n) is 10.1. The minimum Gasteiger partial charge on any atom is -0.380 e. The molecule has 0 spiro atoms. The first kappa shape index (κ1) is 14.7. The largest absolute Gasteiger partial charge is 0.417 e. The number of nitrogens with zero attached hydrogens (tertiary/aromatic N) is 1. The monoisotopic (exact) mass is 254 g/mol. The van der Waals surface area contributed by atoms with E-state index in [9.17, 15) is 18.3 Å². The van der Waals surface area contributed by atoms with Gasteiger partial charge in [-0.1, -0.05) is 6.92 Å². The molecule has 0 aromatic carbocycles. The van der Waals surface area contributed by atoms with Crippen LogP contribution in [0, 0.1) is 0 Å². The van der Waals surface area contributed by atoms with E-state index in [1.54, 1.807) is 0 Å². The maximum absolute atomic E-state index is 12.7. The summed E-state index contributed by atoms with van der Waals surface area (Å²) < 4.78 is 38.1. The van der Waals surface area contributed by atoms with Crippen LogP contribution >= 0.6 is 0 Å². The lowest BCUT2D eigenvalue weighted by Crippen LogP contribution is -2.46. The molecule has 1 aliphatic heterocycles. The van der Waals surface area contributed by atoms with E-state index in [1.807, 2.05) is 11.8 Å². The van der Waals surface area contributed by atoms with Gasteiger partial charge in [0.2, 0.25) is 0 Å². The summed E-state index contributed by atoms with van der Waals surface area (Å²) in [6.45, 7) is 3.25. The molecule has 0 bridgehead atoms. The van der Waals surface area contributed by atoms with E-state index in [1.165, 1.54) is 0 Å². The number of aliphatic hydroxyl groups is 1. The van der Waals surface area contributed by atoms with E-state index < -0.39 is 11.8 Å². The number of nitrogens with two attached hydrogens (primary N) is 1. The molecule has 1 rings (SSSR count). The molecule has 1 heterocycles. The minimum absolute atomic E-state index is 0.116. The van der Waals surface area contributed by atoms with Crippen molar-refractivity contribution in [2.75, 3.05) is 19.6 Å². The third-order valence-electron chi connectivity index (χ3n) is 3.64. The molecule has 0 aliphatic carbocycles. The average molecular weight is 254 g/mol. The summed E-state index contributed by atoms with van der Waals surface area (Å²) in [7, 11) is 0. The highest BCUT2D eigenvalue weighted by Gasteiger charge is 2.53. The van der Waals surface area contributed by atoms with Crippen molar-refractivity contribution < 1.29 is 18.3 Å². The van der Waals surface area contributed by atoms with Gasteiger partial charge in [0, 0.05) is 19.1 Å². The van der Waals surface area contributed by atoms with Crippen molar-refractivity contribution in [3.63, 3.8) is 0 Å². The number of alkyl halides is 3. The number of hydrogen-bond donors (Lipinski definition) is 2. The second-order valence-corrected chi connectivity index (χ2v) is 4.72. The topological polar surface area (TPSA) is 49.5 Å². The Bertz CT molecular complexity index is 243. The smallest absolute Gasteiger partial charge is 0.380 e. The van der Waals surface area contributed by atoms with Gasteiger partial charge in [0.15, 0.2) is 5.60 Å². The molecule has 1 saturated heterocycles. The quantitative estimate of drug-likeness (QED) is 0.802. The van der Waals surface area contributed by atoms with E-state index in [0.717, 1.165) is 6.42 Å². The molecule has 0 aromatic heterocycles. The van der Waals surface area contributed by atoms with E-state index >= 15 is 0 Å². The fourth-order valence-corrected chi connectivity index (χ4v) is 2.36. The molecule has 2 atom stereocenters. The van der Waals surface area contributed by atoms with Gasteiger partial charge in [-0.15, -0.1) is 0 Å². The van der Waals surface area contributed by atoms with Crippen molar-refractivity contribution in [3.05, 3.63) is 0 Å². The van der Waals surface area contributed by atoms with Gasteiger partial charge in [-0.25, -0.2) is 0 Å². The maximum atomic E-state index is 12.7. The molecular weight excluding hydrogens is 233 g/mol. The first-order valence-electron chi connectivity index (χ1n) is 6.07. The Labute approximate surface area is 99.8 Å². The van der Waals surface area contributed by atoms with E-state index in [4.69, 9.17) is 5.73 Å². The summed E-state index contributed by atoms with van der Waals surface area (Å²) in [5.41, 5.74) is 3.07. The fraction of sp³-hybridized carbons (Fsp3) is 1.00. The molecule has 6 heteroatoms. The number of hydrogen-bond acceptors (Lipinski definition) is 3. The third kappa shape index (κ3) is 3.33. The van der Waals surface area contributed by atoms with Gasteiger partial charge >= 0.3 is 6.18 Å².